The summed E-state index contributed by atoms with van der Waals surface area (Å²) >= 11 is 0. The van der Waals surface area contributed by atoms with Crippen LogP contribution < -0.4 is 5.32 Å². The highest BCUT2D eigenvalue weighted by Gasteiger charge is 1.60. The second-order valence-electron chi connectivity index (χ2n) is 1.65. The summed E-state index contributed by atoms with van der Waals surface area (Å²) in [6, 6.07) is 0. The van der Waals surface area contributed by atoms with Crippen LogP contribution in [0.5, 0.6) is 0 Å². The minimum absolute atomic E-state index is 1.72. The summed E-state index contributed by atoms with van der Waals surface area (Å²) in [6.07, 6.45) is 13.1. The number of allylic oxidation sites excluding steroid dienone is 5. The molecular formula is C9H13N. The molecule has 0 saturated carbocycles. The summed E-state index contributed by atoms with van der Waals surface area (Å²) in [4.78, 5) is 0. The molecule has 0 saturated heterocycles. The van der Waals surface area contributed by atoms with Crippen LogP contribution in [0.1, 0.15) is 6.92 Å². The molecule has 1 nitrogen and oxygen atoms in total. The van der Waals surface area contributed by atoms with Crippen molar-refractivity contribution < 1.29 is 0 Å². The van der Waals surface area contributed by atoms with Gasteiger partial charge < -0.3 is 5.32 Å². The van der Waals surface area contributed by atoms with Crippen molar-refractivity contribution in [2.75, 3.05) is 0 Å². The smallest absolute Gasteiger partial charge is 0.000431 e. The van der Waals surface area contributed by atoms with Crippen LogP contribution in [-0.2, 0) is 0 Å². The second-order valence-corrected chi connectivity index (χ2v) is 1.65. The largest absolute Gasteiger partial charge is 0.368 e. The Balaban J connectivity index is 3.34. The molecule has 0 aliphatic heterocycles. The first-order valence-corrected chi connectivity index (χ1v) is 3.23. The molecule has 0 aromatic rings. The van der Waals surface area contributed by atoms with Crippen LogP contribution in [0, 0.1) is 0 Å². The molecule has 10 heavy (non-hydrogen) atoms. The Bertz CT molecular complexity index is 152. The molecule has 0 radical (unpaired) electrons. The van der Waals surface area contributed by atoms with Crippen LogP contribution >= 0.6 is 0 Å². The lowest BCUT2D eigenvalue weighted by atomic mass is 10.5. The predicted octanol–water partition coefficient (Wildman–Crippen LogP) is 2.37. The van der Waals surface area contributed by atoms with E-state index in [9.17, 15) is 0 Å². The maximum absolute atomic E-state index is 3.53. The van der Waals surface area contributed by atoms with Gasteiger partial charge in [-0.25, -0.2) is 0 Å². The van der Waals surface area contributed by atoms with Crippen molar-refractivity contribution in [2.24, 2.45) is 0 Å². The number of hydrogen-bond donors (Lipinski definition) is 1. The minimum atomic E-state index is 1.72. The van der Waals surface area contributed by atoms with Crippen LogP contribution in [-0.4, -0.2) is 0 Å². The Labute approximate surface area is 62.5 Å². The number of rotatable bonds is 4. The van der Waals surface area contributed by atoms with Crippen LogP contribution in [0.3, 0.4) is 0 Å². The van der Waals surface area contributed by atoms with Gasteiger partial charge in [-0.1, -0.05) is 24.8 Å². The van der Waals surface area contributed by atoms with E-state index in [-0.39, 0.29) is 0 Å². The van der Waals surface area contributed by atoms with E-state index in [0.29, 0.717) is 0 Å². The summed E-state index contributed by atoms with van der Waals surface area (Å²) in [6.45, 7) is 5.51. The molecule has 0 atom stereocenters. The van der Waals surface area contributed by atoms with Gasteiger partial charge >= 0.3 is 0 Å². The van der Waals surface area contributed by atoms with Crippen LogP contribution in [0.2, 0.25) is 0 Å². The SMILES string of the molecule is C=C/C=C/N/C=C\C=C\C. The lowest BCUT2D eigenvalue weighted by molar-refractivity contribution is 1.20. The quantitative estimate of drug-likeness (QED) is 0.583. The first-order chi connectivity index (χ1) is 4.91. The summed E-state index contributed by atoms with van der Waals surface area (Å²) < 4.78 is 0. The van der Waals surface area contributed by atoms with Crippen molar-refractivity contribution in [3.63, 3.8) is 0 Å². The average Bonchev–Trinajstić information content (AvgIpc) is 1.97. The van der Waals surface area contributed by atoms with Gasteiger partial charge in [0, 0.05) is 12.4 Å². The summed E-state index contributed by atoms with van der Waals surface area (Å²) in [5, 5.41) is 2.94. The zero-order chi connectivity index (χ0) is 7.66. The van der Waals surface area contributed by atoms with E-state index in [1.54, 1.807) is 6.08 Å². The molecule has 54 valence electrons. The molecule has 0 aromatic carbocycles. The Hall–Kier alpha value is -1.24. The minimum Gasteiger partial charge on any atom is -0.368 e. The maximum Gasteiger partial charge on any atom is 0.000431 e. The Morgan fingerprint density at radius 1 is 1.10 bits per heavy atom. The van der Waals surface area contributed by atoms with Gasteiger partial charge in [-0.15, -0.1) is 0 Å². The molecule has 0 aromatic heterocycles. The van der Waals surface area contributed by atoms with Gasteiger partial charge in [0.25, 0.3) is 0 Å². The Kier molecular flexibility index (Phi) is 6.80. The van der Waals surface area contributed by atoms with Crippen molar-refractivity contribution in [1.82, 2.24) is 5.32 Å². The molecule has 0 spiro atoms. The zero-order valence-corrected chi connectivity index (χ0v) is 6.25. The van der Waals surface area contributed by atoms with E-state index in [4.69, 9.17) is 0 Å². The topological polar surface area (TPSA) is 12.0 Å². The zero-order valence-electron chi connectivity index (χ0n) is 6.25. The lowest BCUT2D eigenvalue weighted by Crippen LogP contribution is -1.88. The number of nitrogens with one attached hydrogen (secondary N) is 1. The number of hydrogen-bond acceptors (Lipinski definition) is 1. The third-order valence-electron chi connectivity index (χ3n) is 0.825. The average molecular weight is 135 g/mol. The van der Waals surface area contributed by atoms with E-state index < -0.39 is 0 Å². The molecule has 1 N–H and O–H groups in total. The van der Waals surface area contributed by atoms with Crippen LogP contribution in [0.4, 0.5) is 0 Å². The maximum atomic E-state index is 3.53. The Morgan fingerprint density at radius 3 is 2.40 bits per heavy atom. The van der Waals surface area contributed by atoms with Gasteiger partial charge in [0.2, 0.25) is 0 Å². The van der Waals surface area contributed by atoms with Gasteiger partial charge in [0.15, 0.2) is 0 Å². The molecular weight excluding hydrogens is 122 g/mol. The van der Waals surface area contributed by atoms with Crippen LogP contribution in [0.25, 0.3) is 0 Å². The normalized spacial score (nSPS) is 11.7. The molecule has 0 aliphatic carbocycles. The summed E-state index contributed by atoms with van der Waals surface area (Å²) in [5.41, 5.74) is 0. The summed E-state index contributed by atoms with van der Waals surface area (Å²) in [5.74, 6) is 0. The van der Waals surface area contributed by atoms with Gasteiger partial charge in [0.05, 0.1) is 0 Å². The van der Waals surface area contributed by atoms with Gasteiger partial charge in [-0.05, 0) is 19.1 Å². The van der Waals surface area contributed by atoms with Gasteiger partial charge in [-0.3, -0.25) is 0 Å². The molecule has 0 fully saturated rings. The summed E-state index contributed by atoms with van der Waals surface area (Å²) in [7, 11) is 0. The fourth-order valence-corrected chi connectivity index (χ4v) is 0.401. The molecule has 0 heterocycles. The highest BCUT2D eigenvalue weighted by atomic mass is 14.8. The third-order valence-corrected chi connectivity index (χ3v) is 0.825. The lowest BCUT2D eigenvalue weighted by Gasteiger charge is -1.83. The molecule has 0 rings (SSSR count). The van der Waals surface area contributed by atoms with Crippen molar-refractivity contribution in [3.8, 4) is 0 Å². The van der Waals surface area contributed by atoms with E-state index in [1.165, 1.54) is 0 Å². The second kappa shape index (κ2) is 7.76. The molecule has 0 aliphatic rings. The molecule has 0 bridgehead atoms. The van der Waals surface area contributed by atoms with Crippen LogP contribution in [0.15, 0.2) is 49.4 Å². The van der Waals surface area contributed by atoms with Crippen molar-refractivity contribution in [3.05, 3.63) is 49.4 Å². The van der Waals surface area contributed by atoms with E-state index in [2.05, 4.69) is 11.9 Å². The molecule has 1 heteroatoms. The van der Waals surface area contributed by atoms with Crippen molar-refractivity contribution in [2.45, 2.75) is 6.92 Å². The van der Waals surface area contributed by atoms with Gasteiger partial charge in [0.1, 0.15) is 0 Å². The van der Waals surface area contributed by atoms with E-state index in [1.807, 2.05) is 43.6 Å². The highest BCUT2D eigenvalue weighted by Crippen LogP contribution is 1.73. The fourth-order valence-electron chi connectivity index (χ4n) is 0.401. The monoisotopic (exact) mass is 135 g/mol. The van der Waals surface area contributed by atoms with Crippen molar-refractivity contribution >= 4 is 0 Å². The third kappa shape index (κ3) is 6.76. The first-order valence-electron chi connectivity index (χ1n) is 3.23. The fraction of sp³-hybridized carbons (Fsp3) is 0.111. The van der Waals surface area contributed by atoms with E-state index >= 15 is 0 Å². The first kappa shape index (κ1) is 8.76. The predicted molar refractivity (Wildman–Crippen MR) is 46.4 cm³/mol. The van der Waals surface area contributed by atoms with Crippen molar-refractivity contribution in [1.29, 1.82) is 0 Å². The molecule has 0 amide bonds. The van der Waals surface area contributed by atoms with E-state index in [0.717, 1.165) is 0 Å². The standard InChI is InChI=1S/C9H13N/c1-3-5-7-9-10-8-6-4-2/h3-10H,2H2,1H3/b5-3+,8-6+,9-7-. The Morgan fingerprint density at radius 2 is 1.80 bits per heavy atom. The molecule has 0 unspecified atom stereocenters. The highest BCUT2D eigenvalue weighted by molar-refractivity contribution is 5.03. The van der Waals surface area contributed by atoms with Gasteiger partial charge in [-0.2, -0.15) is 0 Å².